The third kappa shape index (κ3) is 1.89. The molecule has 0 bridgehead atoms. The van der Waals surface area contributed by atoms with Gasteiger partial charge in [0.05, 0.1) is 11.0 Å². The molecule has 0 aromatic carbocycles. The number of halogens is 2. The van der Waals surface area contributed by atoms with Gasteiger partial charge in [-0.1, -0.05) is 0 Å². The second-order valence-corrected chi connectivity index (χ2v) is 2.90. The molecule has 0 radical (unpaired) electrons. The standard InChI is InChI=1S/C7H7BrFNO/c8-6-2-1-4-10(5-3-9)7(6)11/h1-2,4H,3,5H2. The predicted molar refractivity (Wildman–Crippen MR) is 44.4 cm³/mol. The SMILES string of the molecule is O=c1c(Br)cccn1CCF. The summed E-state index contributed by atoms with van der Waals surface area (Å²) >= 11 is 3.06. The topological polar surface area (TPSA) is 22.0 Å². The Morgan fingerprint density at radius 1 is 1.64 bits per heavy atom. The average molecular weight is 220 g/mol. The van der Waals surface area contributed by atoms with Gasteiger partial charge in [0.15, 0.2) is 0 Å². The molecule has 0 saturated heterocycles. The minimum absolute atomic E-state index is 0.123. The van der Waals surface area contributed by atoms with Crippen LogP contribution >= 0.6 is 15.9 Å². The van der Waals surface area contributed by atoms with Crippen LogP contribution in [0.1, 0.15) is 0 Å². The van der Waals surface area contributed by atoms with Gasteiger partial charge in [-0.05, 0) is 28.1 Å². The molecule has 0 spiro atoms. The van der Waals surface area contributed by atoms with Gasteiger partial charge < -0.3 is 4.57 Å². The molecule has 2 nitrogen and oxygen atoms in total. The zero-order chi connectivity index (χ0) is 8.27. The van der Waals surface area contributed by atoms with E-state index < -0.39 is 6.67 Å². The Kier molecular flexibility index (Phi) is 2.82. The molecule has 0 amide bonds. The first kappa shape index (κ1) is 8.46. The molecule has 1 heterocycles. The lowest BCUT2D eigenvalue weighted by Crippen LogP contribution is -2.20. The average Bonchev–Trinajstić information content (AvgIpc) is 1.99. The van der Waals surface area contributed by atoms with E-state index in [1.807, 2.05) is 0 Å². The number of nitrogens with zero attached hydrogens (tertiary/aromatic N) is 1. The fraction of sp³-hybridized carbons (Fsp3) is 0.286. The Morgan fingerprint density at radius 3 is 3.00 bits per heavy atom. The Hall–Kier alpha value is -0.640. The van der Waals surface area contributed by atoms with Crippen LogP contribution in [0.3, 0.4) is 0 Å². The van der Waals surface area contributed by atoms with Gasteiger partial charge in [0.1, 0.15) is 6.67 Å². The summed E-state index contributed by atoms with van der Waals surface area (Å²) in [6.45, 7) is -0.394. The van der Waals surface area contributed by atoms with Crippen molar-refractivity contribution in [2.24, 2.45) is 0 Å². The zero-order valence-electron chi connectivity index (χ0n) is 5.76. The summed E-state index contributed by atoms with van der Waals surface area (Å²) in [5, 5.41) is 0. The van der Waals surface area contributed by atoms with Crippen molar-refractivity contribution < 1.29 is 4.39 Å². The van der Waals surface area contributed by atoms with Gasteiger partial charge in [-0.25, -0.2) is 4.39 Å². The van der Waals surface area contributed by atoms with E-state index in [1.165, 1.54) is 4.57 Å². The summed E-state index contributed by atoms with van der Waals surface area (Å²) in [6.07, 6.45) is 1.56. The molecule has 1 rings (SSSR count). The molecular weight excluding hydrogens is 213 g/mol. The fourth-order valence-corrected chi connectivity index (χ4v) is 1.16. The summed E-state index contributed by atoms with van der Waals surface area (Å²) in [4.78, 5) is 11.1. The lowest BCUT2D eigenvalue weighted by atomic mass is 10.5. The largest absolute Gasteiger partial charge is 0.312 e. The molecule has 11 heavy (non-hydrogen) atoms. The first-order chi connectivity index (χ1) is 5.25. The maximum atomic E-state index is 11.8. The molecular formula is C7H7BrFNO. The quantitative estimate of drug-likeness (QED) is 0.741. The van der Waals surface area contributed by atoms with E-state index in [9.17, 15) is 9.18 Å². The van der Waals surface area contributed by atoms with Gasteiger partial charge in [-0.3, -0.25) is 4.79 Å². The number of rotatable bonds is 2. The van der Waals surface area contributed by atoms with Gasteiger partial charge in [-0.15, -0.1) is 0 Å². The van der Waals surface area contributed by atoms with Crippen molar-refractivity contribution in [2.75, 3.05) is 6.67 Å². The number of aryl methyl sites for hydroxylation is 1. The first-order valence-corrected chi connectivity index (χ1v) is 3.96. The van der Waals surface area contributed by atoms with Crippen LogP contribution in [0.25, 0.3) is 0 Å². The van der Waals surface area contributed by atoms with Crippen molar-refractivity contribution in [1.29, 1.82) is 0 Å². The summed E-state index contributed by atoms with van der Waals surface area (Å²) in [5.41, 5.74) is -0.190. The van der Waals surface area contributed by atoms with Crippen molar-refractivity contribution in [2.45, 2.75) is 6.54 Å². The Bertz CT molecular complexity index is 297. The maximum Gasteiger partial charge on any atom is 0.264 e. The predicted octanol–water partition coefficient (Wildman–Crippen LogP) is 1.58. The fourth-order valence-electron chi connectivity index (χ4n) is 0.775. The third-order valence-electron chi connectivity index (χ3n) is 1.30. The molecule has 0 aliphatic heterocycles. The minimum atomic E-state index is -0.518. The van der Waals surface area contributed by atoms with Gasteiger partial charge in [0.2, 0.25) is 0 Å². The highest BCUT2D eigenvalue weighted by Gasteiger charge is 1.97. The summed E-state index contributed by atoms with van der Waals surface area (Å²) in [5.74, 6) is 0. The van der Waals surface area contributed by atoms with E-state index in [0.29, 0.717) is 4.47 Å². The van der Waals surface area contributed by atoms with E-state index >= 15 is 0 Å². The van der Waals surface area contributed by atoms with Crippen LogP contribution in [0.2, 0.25) is 0 Å². The number of alkyl halides is 1. The second-order valence-electron chi connectivity index (χ2n) is 2.04. The van der Waals surface area contributed by atoms with E-state index in [-0.39, 0.29) is 12.1 Å². The van der Waals surface area contributed by atoms with Gasteiger partial charge in [0, 0.05) is 6.20 Å². The minimum Gasteiger partial charge on any atom is -0.312 e. The lowest BCUT2D eigenvalue weighted by molar-refractivity contribution is 0.440. The second kappa shape index (κ2) is 3.67. The first-order valence-electron chi connectivity index (χ1n) is 3.16. The molecule has 0 unspecified atom stereocenters. The van der Waals surface area contributed by atoms with Crippen molar-refractivity contribution in [1.82, 2.24) is 4.57 Å². The zero-order valence-corrected chi connectivity index (χ0v) is 7.34. The highest BCUT2D eigenvalue weighted by Crippen LogP contribution is 2.00. The maximum absolute atomic E-state index is 11.8. The number of hydrogen-bond donors (Lipinski definition) is 0. The molecule has 60 valence electrons. The van der Waals surface area contributed by atoms with E-state index in [0.717, 1.165) is 0 Å². The molecule has 0 fully saturated rings. The molecule has 0 atom stereocenters. The number of aromatic nitrogens is 1. The van der Waals surface area contributed by atoms with E-state index in [4.69, 9.17) is 0 Å². The van der Waals surface area contributed by atoms with Crippen LogP contribution in [0, 0.1) is 0 Å². The summed E-state index contributed by atoms with van der Waals surface area (Å²) in [6, 6.07) is 3.33. The molecule has 1 aromatic rings. The normalized spacial score (nSPS) is 10.0. The molecule has 0 saturated carbocycles. The van der Waals surface area contributed by atoms with Crippen LogP contribution in [-0.2, 0) is 6.54 Å². The summed E-state index contributed by atoms with van der Waals surface area (Å²) in [7, 11) is 0. The van der Waals surface area contributed by atoms with Crippen LogP contribution < -0.4 is 5.56 Å². The lowest BCUT2D eigenvalue weighted by Gasteiger charge is -2.00. The highest BCUT2D eigenvalue weighted by atomic mass is 79.9. The third-order valence-corrected chi connectivity index (χ3v) is 1.90. The van der Waals surface area contributed by atoms with Gasteiger partial charge in [-0.2, -0.15) is 0 Å². The van der Waals surface area contributed by atoms with Crippen molar-refractivity contribution >= 4 is 15.9 Å². The van der Waals surface area contributed by atoms with E-state index in [1.54, 1.807) is 18.3 Å². The van der Waals surface area contributed by atoms with Crippen molar-refractivity contribution in [3.8, 4) is 0 Å². The molecule has 1 aromatic heterocycles. The molecule has 0 aliphatic rings. The Balaban J connectivity index is 3.07. The van der Waals surface area contributed by atoms with Crippen molar-refractivity contribution in [3.63, 3.8) is 0 Å². The highest BCUT2D eigenvalue weighted by molar-refractivity contribution is 9.10. The smallest absolute Gasteiger partial charge is 0.264 e. The van der Waals surface area contributed by atoms with E-state index in [2.05, 4.69) is 15.9 Å². The monoisotopic (exact) mass is 219 g/mol. The Labute approximate surface area is 71.8 Å². The molecule has 0 N–H and O–H groups in total. The van der Waals surface area contributed by atoms with Crippen LogP contribution in [0.4, 0.5) is 4.39 Å². The summed E-state index contributed by atoms with van der Waals surface area (Å²) < 4.78 is 13.6. The van der Waals surface area contributed by atoms with Crippen LogP contribution in [0.15, 0.2) is 27.6 Å². The van der Waals surface area contributed by atoms with Gasteiger partial charge >= 0.3 is 0 Å². The van der Waals surface area contributed by atoms with Crippen LogP contribution in [0.5, 0.6) is 0 Å². The molecule has 4 heteroatoms. The van der Waals surface area contributed by atoms with Crippen molar-refractivity contribution in [3.05, 3.63) is 33.2 Å². The van der Waals surface area contributed by atoms with Gasteiger partial charge in [0.25, 0.3) is 5.56 Å². The molecule has 0 aliphatic carbocycles. The Morgan fingerprint density at radius 2 is 2.36 bits per heavy atom. The number of hydrogen-bond acceptors (Lipinski definition) is 1. The number of pyridine rings is 1. The van der Waals surface area contributed by atoms with Crippen LogP contribution in [-0.4, -0.2) is 11.2 Å².